The molecule has 2 atom stereocenters. The Morgan fingerprint density at radius 2 is 2.50 bits per heavy atom. The van der Waals surface area contributed by atoms with Gasteiger partial charge < -0.3 is 0 Å². The first-order valence-electron chi connectivity index (χ1n) is 4.01. The quantitative estimate of drug-likeness (QED) is 0.630. The van der Waals surface area contributed by atoms with Crippen molar-refractivity contribution in [1.82, 2.24) is 5.32 Å². The Labute approximate surface area is 62.7 Å². The van der Waals surface area contributed by atoms with Crippen molar-refractivity contribution < 1.29 is 0 Å². The van der Waals surface area contributed by atoms with Gasteiger partial charge in [0.05, 0.1) is 6.17 Å². The van der Waals surface area contributed by atoms with E-state index in [9.17, 15) is 0 Å². The number of hydrogen-bond acceptors (Lipinski definition) is 2. The molecule has 0 saturated heterocycles. The molecule has 1 saturated carbocycles. The number of aliphatic imine (C=N–C) groups is 1. The molecule has 1 aliphatic rings. The Kier molecular flexibility index (Phi) is 2.44. The minimum Gasteiger partial charge on any atom is -0.299 e. The summed E-state index contributed by atoms with van der Waals surface area (Å²) in [5, 5.41) is 3.09. The summed E-state index contributed by atoms with van der Waals surface area (Å²) in [6.07, 6.45) is 2.81. The van der Waals surface area contributed by atoms with Crippen molar-refractivity contribution in [2.45, 2.75) is 32.9 Å². The van der Waals surface area contributed by atoms with Gasteiger partial charge in [0.2, 0.25) is 0 Å². The van der Waals surface area contributed by atoms with Crippen LogP contribution in [0.4, 0.5) is 0 Å². The van der Waals surface area contributed by atoms with E-state index in [1.807, 2.05) is 7.05 Å². The maximum atomic E-state index is 4.46. The van der Waals surface area contributed by atoms with E-state index in [0.29, 0.717) is 6.17 Å². The summed E-state index contributed by atoms with van der Waals surface area (Å²) >= 11 is 0. The molecule has 1 fully saturated rings. The van der Waals surface area contributed by atoms with Crippen LogP contribution in [0.2, 0.25) is 0 Å². The largest absolute Gasteiger partial charge is 0.299 e. The molecular weight excluding hydrogens is 124 g/mol. The summed E-state index contributed by atoms with van der Waals surface area (Å²) in [7, 11) is 1.94. The average molecular weight is 140 g/mol. The SMILES string of the molecule is CCC1CC1=NC(C)NC. The minimum absolute atomic E-state index is 0.312. The summed E-state index contributed by atoms with van der Waals surface area (Å²) in [5.74, 6) is 0.816. The fourth-order valence-electron chi connectivity index (χ4n) is 1.04. The molecule has 0 aromatic heterocycles. The molecule has 0 bridgehead atoms. The molecule has 10 heavy (non-hydrogen) atoms. The predicted octanol–water partition coefficient (Wildman–Crippen LogP) is 1.42. The standard InChI is InChI=1S/C8H16N2/c1-4-7-5-8(7)10-6(2)9-3/h6-7,9H,4-5H2,1-3H3. The molecule has 0 radical (unpaired) electrons. The zero-order valence-electron chi connectivity index (χ0n) is 7.02. The molecule has 0 aliphatic heterocycles. The lowest BCUT2D eigenvalue weighted by molar-refractivity contribution is 0.641. The van der Waals surface area contributed by atoms with Crippen molar-refractivity contribution in [3.05, 3.63) is 0 Å². The molecule has 1 N–H and O–H groups in total. The van der Waals surface area contributed by atoms with Crippen molar-refractivity contribution in [2.24, 2.45) is 10.9 Å². The first kappa shape index (κ1) is 7.73. The van der Waals surface area contributed by atoms with Gasteiger partial charge >= 0.3 is 0 Å². The van der Waals surface area contributed by atoms with Crippen LogP contribution in [-0.2, 0) is 0 Å². The zero-order valence-corrected chi connectivity index (χ0v) is 7.02. The van der Waals surface area contributed by atoms with Crippen LogP contribution in [0, 0.1) is 5.92 Å². The van der Waals surface area contributed by atoms with Gasteiger partial charge in [-0.25, -0.2) is 0 Å². The van der Waals surface area contributed by atoms with Gasteiger partial charge in [0.25, 0.3) is 0 Å². The van der Waals surface area contributed by atoms with E-state index in [4.69, 9.17) is 0 Å². The molecule has 0 spiro atoms. The number of rotatable bonds is 3. The predicted molar refractivity (Wildman–Crippen MR) is 44.4 cm³/mol. The van der Waals surface area contributed by atoms with Crippen LogP contribution < -0.4 is 5.32 Å². The van der Waals surface area contributed by atoms with Crippen molar-refractivity contribution in [1.29, 1.82) is 0 Å². The summed E-state index contributed by atoms with van der Waals surface area (Å²) in [5.41, 5.74) is 1.41. The highest BCUT2D eigenvalue weighted by atomic mass is 15.0. The molecular formula is C8H16N2. The van der Waals surface area contributed by atoms with E-state index < -0.39 is 0 Å². The maximum absolute atomic E-state index is 4.46. The summed E-state index contributed by atoms with van der Waals surface area (Å²) in [6.45, 7) is 4.30. The summed E-state index contributed by atoms with van der Waals surface area (Å²) < 4.78 is 0. The van der Waals surface area contributed by atoms with Gasteiger partial charge in [-0.1, -0.05) is 6.92 Å². The van der Waals surface area contributed by atoms with Crippen molar-refractivity contribution in [3.8, 4) is 0 Å². The third-order valence-electron chi connectivity index (χ3n) is 2.04. The van der Waals surface area contributed by atoms with Crippen molar-refractivity contribution in [3.63, 3.8) is 0 Å². The Bertz CT molecular complexity index is 140. The first-order chi connectivity index (χ1) is 4.77. The molecule has 0 amide bonds. The number of nitrogens with zero attached hydrogens (tertiary/aromatic N) is 1. The lowest BCUT2D eigenvalue weighted by atomic mass is 10.3. The highest BCUT2D eigenvalue weighted by Gasteiger charge is 2.29. The van der Waals surface area contributed by atoms with E-state index in [2.05, 4.69) is 24.2 Å². The van der Waals surface area contributed by atoms with E-state index >= 15 is 0 Å². The first-order valence-corrected chi connectivity index (χ1v) is 4.01. The Hall–Kier alpha value is -0.370. The Morgan fingerprint density at radius 3 is 2.90 bits per heavy atom. The number of nitrogens with one attached hydrogen (secondary N) is 1. The van der Waals surface area contributed by atoms with E-state index in [1.165, 1.54) is 18.6 Å². The fourth-order valence-corrected chi connectivity index (χ4v) is 1.04. The van der Waals surface area contributed by atoms with Crippen LogP contribution in [0.5, 0.6) is 0 Å². The topological polar surface area (TPSA) is 24.4 Å². The minimum atomic E-state index is 0.312. The van der Waals surface area contributed by atoms with Crippen LogP contribution >= 0.6 is 0 Å². The number of hydrogen-bond donors (Lipinski definition) is 1. The van der Waals surface area contributed by atoms with Crippen molar-refractivity contribution in [2.75, 3.05) is 7.05 Å². The summed E-state index contributed by atoms with van der Waals surface area (Å²) in [6, 6.07) is 0. The maximum Gasteiger partial charge on any atom is 0.0962 e. The van der Waals surface area contributed by atoms with Gasteiger partial charge in [-0.15, -0.1) is 0 Å². The van der Waals surface area contributed by atoms with Gasteiger partial charge in [-0.05, 0) is 26.8 Å². The molecule has 2 nitrogen and oxygen atoms in total. The van der Waals surface area contributed by atoms with Crippen LogP contribution in [0.15, 0.2) is 4.99 Å². The third kappa shape index (κ3) is 1.81. The van der Waals surface area contributed by atoms with Gasteiger partial charge in [0.1, 0.15) is 0 Å². The highest BCUT2D eigenvalue weighted by molar-refractivity contribution is 6.01. The highest BCUT2D eigenvalue weighted by Crippen LogP contribution is 2.29. The van der Waals surface area contributed by atoms with E-state index in [0.717, 1.165) is 5.92 Å². The van der Waals surface area contributed by atoms with Gasteiger partial charge in [-0.3, -0.25) is 10.3 Å². The zero-order chi connectivity index (χ0) is 7.56. The molecule has 0 aromatic carbocycles. The molecule has 2 unspecified atom stereocenters. The van der Waals surface area contributed by atoms with Crippen LogP contribution in [0.3, 0.4) is 0 Å². The normalized spacial score (nSPS) is 30.7. The van der Waals surface area contributed by atoms with Crippen LogP contribution in [0.1, 0.15) is 26.7 Å². The van der Waals surface area contributed by atoms with E-state index in [-0.39, 0.29) is 0 Å². The summed E-state index contributed by atoms with van der Waals surface area (Å²) in [4.78, 5) is 4.46. The second-order valence-electron chi connectivity index (χ2n) is 2.89. The monoisotopic (exact) mass is 140 g/mol. The van der Waals surface area contributed by atoms with Gasteiger partial charge in [0.15, 0.2) is 0 Å². The lowest BCUT2D eigenvalue weighted by Gasteiger charge is -2.00. The second kappa shape index (κ2) is 3.15. The molecule has 2 heteroatoms. The molecule has 1 rings (SSSR count). The molecule has 58 valence electrons. The van der Waals surface area contributed by atoms with Crippen molar-refractivity contribution >= 4 is 5.71 Å². The fraction of sp³-hybridized carbons (Fsp3) is 0.875. The van der Waals surface area contributed by atoms with E-state index in [1.54, 1.807) is 0 Å². The molecule has 1 aliphatic carbocycles. The Morgan fingerprint density at radius 1 is 1.80 bits per heavy atom. The lowest BCUT2D eigenvalue weighted by Crippen LogP contribution is -2.18. The average Bonchev–Trinajstić information content (AvgIpc) is 2.67. The third-order valence-corrected chi connectivity index (χ3v) is 2.04. The van der Waals surface area contributed by atoms with Gasteiger partial charge in [-0.2, -0.15) is 0 Å². The second-order valence-corrected chi connectivity index (χ2v) is 2.89. The Balaban J connectivity index is 2.30. The smallest absolute Gasteiger partial charge is 0.0962 e. The molecule has 0 aromatic rings. The van der Waals surface area contributed by atoms with Crippen LogP contribution in [0.25, 0.3) is 0 Å². The van der Waals surface area contributed by atoms with Gasteiger partial charge in [0, 0.05) is 11.6 Å². The van der Waals surface area contributed by atoms with Crippen LogP contribution in [-0.4, -0.2) is 18.9 Å². The molecule has 0 heterocycles.